The number of hydrogen-bond donors (Lipinski definition) is 0. The lowest BCUT2D eigenvalue weighted by molar-refractivity contribution is -0.154. The van der Waals surface area contributed by atoms with Crippen LogP contribution in [-0.4, -0.2) is 27.3 Å². The summed E-state index contributed by atoms with van der Waals surface area (Å²) >= 11 is 0. The smallest absolute Gasteiger partial charge is 0.316 e. The second kappa shape index (κ2) is 9.11. The van der Waals surface area contributed by atoms with Crippen molar-refractivity contribution in [2.75, 3.05) is 21.3 Å². The third-order valence-electron chi connectivity index (χ3n) is 8.41. The molecule has 0 spiro atoms. The van der Waals surface area contributed by atoms with E-state index in [2.05, 4.69) is 52.8 Å². The molecule has 1 saturated carbocycles. The molecule has 0 amide bonds. The lowest BCUT2D eigenvalue weighted by Crippen LogP contribution is -2.38. The van der Waals surface area contributed by atoms with Gasteiger partial charge < -0.3 is 14.2 Å². The highest BCUT2D eigenvalue weighted by atomic mass is 16.5. The summed E-state index contributed by atoms with van der Waals surface area (Å²) in [7, 11) is 4.95. The van der Waals surface area contributed by atoms with Crippen molar-refractivity contribution >= 4 is 11.5 Å². The van der Waals surface area contributed by atoms with Crippen LogP contribution in [0.4, 0.5) is 0 Å². The summed E-state index contributed by atoms with van der Waals surface area (Å²) < 4.78 is 17.1. The second-order valence-electron chi connectivity index (χ2n) is 10.8. The van der Waals surface area contributed by atoms with E-state index in [1.165, 1.54) is 38.4 Å². The Balaban J connectivity index is 2.05. The van der Waals surface area contributed by atoms with E-state index in [9.17, 15) is 4.79 Å². The topological polar surface area (TPSA) is 44.8 Å². The summed E-state index contributed by atoms with van der Waals surface area (Å²) in [5.41, 5.74) is 2.62. The van der Waals surface area contributed by atoms with Gasteiger partial charge in [-0.15, -0.1) is 0 Å². The zero-order chi connectivity index (χ0) is 23.7. The maximum absolute atomic E-state index is 12.9. The van der Waals surface area contributed by atoms with Crippen LogP contribution < -0.4 is 9.47 Å². The molecule has 2 aliphatic carbocycles. The van der Waals surface area contributed by atoms with Crippen molar-refractivity contribution in [3.05, 3.63) is 29.3 Å². The first-order valence-corrected chi connectivity index (χ1v) is 12.2. The highest BCUT2D eigenvalue weighted by Gasteiger charge is 2.64. The van der Waals surface area contributed by atoms with Gasteiger partial charge in [0.15, 0.2) is 0 Å². The summed E-state index contributed by atoms with van der Waals surface area (Å²) in [6.45, 7) is 11.2. The van der Waals surface area contributed by atoms with Crippen LogP contribution >= 0.6 is 0 Å². The Morgan fingerprint density at radius 3 is 2.22 bits per heavy atom. The number of esters is 1. The normalized spacial score (nSPS) is 23.8. The van der Waals surface area contributed by atoms with Gasteiger partial charge in [-0.05, 0) is 59.3 Å². The molecular formula is C28H42O4. The van der Waals surface area contributed by atoms with Gasteiger partial charge in [-0.2, -0.15) is 0 Å². The van der Waals surface area contributed by atoms with E-state index in [1.54, 1.807) is 14.2 Å². The van der Waals surface area contributed by atoms with Crippen molar-refractivity contribution in [2.45, 2.75) is 85.0 Å². The number of hydrogen-bond acceptors (Lipinski definition) is 4. The average molecular weight is 443 g/mol. The summed E-state index contributed by atoms with van der Waals surface area (Å²) in [6, 6.07) is 4.37. The Labute approximate surface area is 194 Å². The predicted octanol–water partition coefficient (Wildman–Crippen LogP) is 6.94. The molecule has 0 aromatic heterocycles. The van der Waals surface area contributed by atoms with Gasteiger partial charge in [0.2, 0.25) is 0 Å². The summed E-state index contributed by atoms with van der Waals surface area (Å²) in [4.78, 5) is 12.9. The molecule has 0 saturated heterocycles. The molecule has 1 fully saturated rings. The molecular weight excluding hydrogens is 400 g/mol. The molecule has 1 aromatic carbocycles. The molecule has 178 valence electrons. The fourth-order valence-corrected chi connectivity index (χ4v) is 6.11. The number of rotatable bonds is 10. The Bertz CT molecular complexity index is 854. The molecule has 2 aliphatic rings. The molecule has 3 rings (SSSR count). The van der Waals surface area contributed by atoms with Crippen molar-refractivity contribution in [1.29, 1.82) is 0 Å². The molecule has 32 heavy (non-hydrogen) atoms. The fraction of sp³-hybridized carbons (Fsp3) is 0.679. The zero-order valence-corrected chi connectivity index (χ0v) is 21.4. The highest BCUT2D eigenvalue weighted by Crippen LogP contribution is 2.68. The highest BCUT2D eigenvalue weighted by molar-refractivity contribution is 5.91. The molecule has 1 aromatic rings. The number of benzene rings is 1. The molecule has 0 radical (unpaired) electrons. The van der Waals surface area contributed by atoms with Crippen LogP contribution in [0.1, 0.15) is 90.7 Å². The minimum absolute atomic E-state index is 0.0302. The summed E-state index contributed by atoms with van der Waals surface area (Å²) in [5, 5.41) is 0. The third-order valence-corrected chi connectivity index (χ3v) is 8.41. The van der Waals surface area contributed by atoms with E-state index in [0.29, 0.717) is 0 Å². The van der Waals surface area contributed by atoms with Gasteiger partial charge in [0.05, 0.1) is 32.3 Å². The molecule has 2 unspecified atom stereocenters. The van der Waals surface area contributed by atoms with Gasteiger partial charge >= 0.3 is 5.97 Å². The van der Waals surface area contributed by atoms with E-state index in [4.69, 9.17) is 14.2 Å². The maximum Gasteiger partial charge on any atom is 0.316 e. The molecule has 4 heteroatoms. The minimum Gasteiger partial charge on any atom is -0.496 e. The first-order valence-electron chi connectivity index (χ1n) is 12.2. The molecule has 2 bridgehead atoms. The van der Waals surface area contributed by atoms with E-state index in [-0.39, 0.29) is 22.7 Å². The fourth-order valence-electron chi connectivity index (χ4n) is 6.11. The van der Waals surface area contributed by atoms with E-state index >= 15 is 0 Å². The van der Waals surface area contributed by atoms with Crippen LogP contribution in [0.5, 0.6) is 11.5 Å². The molecule has 0 aliphatic heterocycles. The number of carbonyl (C=O) groups is 1. The largest absolute Gasteiger partial charge is 0.496 e. The van der Waals surface area contributed by atoms with Crippen LogP contribution in [-0.2, 0) is 14.9 Å². The number of allylic oxidation sites excluding steroid dienone is 1. The molecule has 4 nitrogen and oxygen atoms in total. The third kappa shape index (κ3) is 3.84. The van der Waals surface area contributed by atoms with Crippen molar-refractivity contribution in [3.63, 3.8) is 0 Å². The van der Waals surface area contributed by atoms with Gasteiger partial charge in [-0.25, -0.2) is 0 Å². The first kappa shape index (κ1) is 24.7. The number of carbonyl (C=O) groups excluding carboxylic acids is 1. The Morgan fingerprint density at radius 2 is 1.69 bits per heavy atom. The minimum atomic E-state index is -0.588. The second-order valence-corrected chi connectivity index (χ2v) is 10.8. The average Bonchev–Trinajstić information content (AvgIpc) is 3.17. The van der Waals surface area contributed by atoms with E-state index in [1.807, 2.05) is 0 Å². The number of ether oxygens (including phenoxy) is 3. The van der Waals surface area contributed by atoms with Crippen molar-refractivity contribution in [3.8, 4) is 11.5 Å². The predicted molar refractivity (Wildman–Crippen MR) is 130 cm³/mol. The van der Waals surface area contributed by atoms with Crippen molar-refractivity contribution in [2.24, 2.45) is 16.7 Å². The van der Waals surface area contributed by atoms with Crippen LogP contribution in [0.2, 0.25) is 0 Å². The van der Waals surface area contributed by atoms with Crippen molar-refractivity contribution in [1.82, 2.24) is 0 Å². The van der Waals surface area contributed by atoms with Crippen LogP contribution in [0.15, 0.2) is 18.2 Å². The van der Waals surface area contributed by atoms with Gasteiger partial charge in [0.25, 0.3) is 0 Å². The number of unbranched alkanes of at least 4 members (excludes halogenated alkanes) is 3. The standard InChI is InChI=1S/C28H42O4/c1-9-10-11-12-14-26(2,3)19-16-22(30-6)24(23(17-19)31-7)20-18-28(25(29)32-8)15-13-21(20)27(28,4)5/h16-18,21H,9-15H2,1-8H3. The van der Waals surface area contributed by atoms with Crippen molar-refractivity contribution < 1.29 is 19.0 Å². The Hall–Kier alpha value is -1.97. The number of methoxy groups -OCH3 is 3. The van der Waals surface area contributed by atoms with Crippen LogP contribution in [0, 0.1) is 16.7 Å². The Kier molecular flexibility index (Phi) is 7.02. The SMILES string of the molecule is CCCCCCC(C)(C)c1cc(OC)c(C2=CC3(C(=O)OC)CCC2C3(C)C)c(OC)c1. The number of fused-ring (bicyclic) bond motifs is 2. The lowest BCUT2D eigenvalue weighted by Gasteiger charge is -2.34. The van der Waals surface area contributed by atoms with Gasteiger partial charge in [-0.3, -0.25) is 4.79 Å². The Morgan fingerprint density at radius 1 is 1.06 bits per heavy atom. The van der Waals surface area contributed by atoms with Gasteiger partial charge in [0, 0.05) is 0 Å². The monoisotopic (exact) mass is 442 g/mol. The lowest BCUT2D eigenvalue weighted by atomic mass is 9.69. The maximum atomic E-state index is 12.9. The first-order chi connectivity index (χ1) is 15.1. The summed E-state index contributed by atoms with van der Waals surface area (Å²) in [5.74, 6) is 1.78. The van der Waals surface area contributed by atoms with Crippen LogP contribution in [0.25, 0.3) is 5.57 Å². The zero-order valence-electron chi connectivity index (χ0n) is 21.4. The summed E-state index contributed by atoms with van der Waals surface area (Å²) in [6.07, 6.45) is 10.1. The molecule has 2 atom stereocenters. The molecule has 0 heterocycles. The van der Waals surface area contributed by atoms with Gasteiger partial charge in [-0.1, -0.05) is 66.4 Å². The van der Waals surface area contributed by atoms with Crippen LogP contribution in [0.3, 0.4) is 0 Å². The van der Waals surface area contributed by atoms with Gasteiger partial charge in [0.1, 0.15) is 11.5 Å². The van der Waals surface area contributed by atoms with E-state index in [0.717, 1.165) is 41.9 Å². The quantitative estimate of drug-likeness (QED) is 0.291. The van der Waals surface area contributed by atoms with E-state index < -0.39 is 5.41 Å². The molecule has 0 N–H and O–H groups in total.